The van der Waals surface area contributed by atoms with Gasteiger partial charge in [0.25, 0.3) is 5.91 Å². The maximum atomic E-state index is 12.0. The SMILES string of the molecule is COc1ccc(C(=O)NCCCc2ccco2)cc1C. The molecule has 0 aliphatic heterocycles. The summed E-state index contributed by atoms with van der Waals surface area (Å²) < 4.78 is 10.4. The molecule has 0 spiro atoms. The first-order chi connectivity index (χ1) is 9.70. The highest BCUT2D eigenvalue weighted by Crippen LogP contribution is 2.18. The van der Waals surface area contributed by atoms with Crippen molar-refractivity contribution in [3.63, 3.8) is 0 Å². The van der Waals surface area contributed by atoms with Crippen LogP contribution < -0.4 is 10.1 Å². The van der Waals surface area contributed by atoms with Gasteiger partial charge in [-0.05, 0) is 49.2 Å². The van der Waals surface area contributed by atoms with E-state index in [1.54, 1.807) is 19.4 Å². The van der Waals surface area contributed by atoms with E-state index in [0.29, 0.717) is 12.1 Å². The Kier molecular flexibility index (Phi) is 4.82. The lowest BCUT2D eigenvalue weighted by Crippen LogP contribution is -2.24. The van der Waals surface area contributed by atoms with Crippen LogP contribution >= 0.6 is 0 Å². The van der Waals surface area contributed by atoms with Crippen molar-refractivity contribution in [3.05, 3.63) is 53.5 Å². The number of hydrogen-bond donors (Lipinski definition) is 1. The van der Waals surface area contributed by atoms with Gasteiger partial charge in [-0.1, -0.05) is 0 Å². The van der Waals surface area contributed by atoms with E-state index in [4.69, 9.17) is 9.15 Å². The maximum absolute atomic E-state index is 12.0. The van der Waals surface area contributed by atoms with Gasteiger partial charge in [-0.25, -0.2) is 0 Å². The predicted octanol–water partition coefficient (Wildman–Crippen LogP) is 2.96. The smallest absolute Gasteiger partial charge is 0.251 e. The number of carbonyl (C=O) groups is 1. The van der Waals surface area contributed by atoms with Gasteiger partial charge in [0.05, 0.1) is 13.4 Å². The molecule has 0 saturated heterocycles. The van der Waals surface area contributed by atoms with E-state index < -0.39 is 0 Å². The Morgan fingerprint density at radius 2 is 2.20 bits per heavy atom. The number of methoxy groups -OCH3 is 1. The molecule has 4 nitrogen and oxygen atoms in total. The highest BCUT2D eigenvalue weighted by Gasteiger charge is 2.07. The zero-order valence-electron chi connectivity index (χ0n) is 11.8. The van der Waals surface area contributed by atoms with Crippen LogP contribution in [0.15, 0.2) is 41.0 Å². The van der Waals surface area contributed by atoms with Gasteiger partial charge in [-0.3, -0.25) is 4.79 Å². The lowest BCUT2D eigenvalue weighted by Gasteiger charge is -2.08. The molecule has 2 rings (SSSR count). The fourth-order valence-corrected chi connectivity index (χ4v) is 2.04. The molecule has 1 heterocycles. The molecule has 0 radical (unpaired) electrons. The van der Waals surface area contributed by atoms with Crippen LogP contribution in [0, 0.1) is 6.92 Å². The molecular weight excluding hydrogens is 254 g/mol. The second-order valence-electron chi connectivity index (χ2n) is 4.62. The molecule has 2 aromatic rings. The molecule has 1 N–H and O–H groups in total. The molecule has 106 valence electrons. The molecule has 0 saturated carbocycles. The van der Waals surface area contributed by atoms with Crippen LogP contribution in [0.4, 0.5) is 0 Å². The van der Waals surface area contributed by atoms with Crippen LogP contribution in [0.3, 0.4) is 0 Å². The van der Waals surface area contributed by atoms with Crippen LogP contribution in [0.2, 0.25) is 0 Å². The largest absolute Gasteiger partial charge is 0.496 e. The molecular formula is C16H19NO3. The van der Waals surface area contributed by atoms with Crippen molar-refractivity contribution in [2.24, 2.45) is 0 Å². The van der Waals surface area contributed by atoms with Gasteiger partial charge in [0.1, 0.15) is 11.5 Å². The number of carbonyl (C=O) groups excluding carboxylic acids is 1. The number of nitrogens with one attached hydrogen (secondary N) is 1. The van der Waals surface area contributed by atoms with E-state index >= 15 is 0 Å². The minimum atomic E-state index is -0.0600. The first kappa shape index (κ1) is 14.2. The molecule has 4 heteroatoms. The van der Waals surface area contributed by atoms with Gasteiger partial charge in [0.2, 0.25) is 0 Å². The summed E-state index contributed by atoms with van der Waals surface area (Å²) in [6.07, 6.45) is 3.34. The highest BCUT2D eigenvalue weighted by molar-refractivity contribution is 5.94. The third-order valence-corrected chi connectivity index (χ3v) is 3.12. The van der Waals surface area contributed by atoms with E-state index in [0.717, 1.165) is 29.9 Å². The topological polar surface area (TPSA) is 51.5 Å². The van der Waals surface area contributed by atoms with E-state index in [9.17, 15) is 4.79 Å². The Hall–Kier alpha value is -2.23. The van der Waals surface area contributed by atoms with Gasteiger partial charge < -0.3 is 14.5 Å². The molecule has 1 aromatic heterocycles. The summed E-state index contributed by atoms with van der Waals surface area (Å²) in [5, 5.41) is 2.90. The van der Waals surface area contributed by atoms with E-state index in [1.807, 2.05) is 31.2 Å². The van der Waals surface area contributed by atoms with Gasteiger partial charge in [0, 0.05) is 18.5 Å². The van der Waals surface area contributed by atoms with Crippen LogP contribution in [-0.2, 0) is 6.42 Å². The number of ether oxygens (including phenoxy) is 1. The van der Waals surface area contributed by atoms with Gasteiger partial charge >= 0.3 is 0 Å². The maximum Gasteiger partial charge on any atom is 0.251 e. The van der Waals surface area contributed by atoms with Crippen LogP contribution in [0.1, 0.15) is 28.1 Å². The van der Waals surface area contributed by atoms with Crippen molar-refractivity contribution in [2.45, 2.75) is 19.8 Å². The van der Waals surface area contributed by atoms with Crippen LogP contribution in [-0.4, -0.2) is 19.6 Å². The van der Waals surface area contributed by atoms with E-state index in [-0.39, 0.29) is 5.91 Å². The summed E-state index contributed by atoms with van der Waals surface area (Å²) in [5.74, 6) is 1.68. The molecule has 0 atom stereocenters. The summed E-state index contributed by atoms with van der Waals surface area (Å²) >= 11 is 0. The Bertz CT molecular complexity index is 561. The van der Waals surface area contributed by atoms with Crippen molar-refractivity contribution >= 4 is 5.91 Å². The zero-order chi connectivity index (χ0) is 14.4. The van der Waals surface area contributed by atoms with Crippen molar-refractivity contribution in [2.75, 3.05) is 13.7 Å². The molecule has 1 aromatic carbocycles. The number of hydrogen-bond acceptors (Lipinski definition) is 3. The predicted molar refractivity (Wildman–Crippen MR) is 77.1 cm³/mol. The number of amides is 1. The average molecular weight is 273 g/mol. The molecule has 0 fully saturated rings. The summed E-state index contributed by atoms with van der Waals surface area (Å²) in [6, 6.07) is 9.23. The number of furan rings is 1. The monoisotopic (exact) mass is 273 g/mol. The van der Waals surface area contributed by atoms with Crippen LogP contribution in [0.5, 0.6) is 5.75 Å². The molecule has 0 aliphatic rings. The molecule has 0 unspecified atom stereocenters. The minimum absolute atomic E-state index is 0.0600. The lowest BCUT2D eigenvalue weighted by atomic mass is 10.1. The molecule has 0 aliphatic carbocycles. The first-order valence-corrected chi connectivity index (χ1v) is 6.66. The second-order valence-corrected chi connectivity index (χ2v) is 4.62. The zero-order valence-corrected chi connectivity index (χ0v) is 11.8. The van der Waals surface area contributed by atoms with Crippen molar-refractivity contribution in [1.29, 1.82) is 0 Å². The van der Waals surface area contributed by atoms with Crippen molar-refractivity contribution in [3.8, 4) is 5.75 Å². The Morgan fingerprint density at radius 3 is 2.85 bits per heavy atom. The lowest BCUT2D eigenvalue weighted by molar-refractivity contribution is 0.0953. The van der Waals surface area contributed by atoms with Gasteiger partial charge in [-0.15, -0.1) is 0 Å². The number of rotatable bonds is 6. The Morgan fingerprint density at radius 1 is 1.35 bits per heavy atom. The molecule has 20 heavy (non-hydrogen) atoms. The number of benzene rings is 1. The fraction of sp³-hybridized carbons (Fsp3) is 0.312. The Balaban J connectivity index is 1.81. The summed E-state index contributed by atoms with van der Waals surface area (Å²) in [5.41, 5.74) is 1.61. The Labute approximate surface area is 118 Å². The first-order valence-electron chi connectivity index (χ1n) is 6.66. The minimum Gasteiger partial charge on any atom is -0.496 e. The van der Waals surface area contributed by atoms with Crippen molar-refractivity contribution < 1.29 is 13.9 Å². The standard InChI is InChI=1S/C16H19NO3/c1-12-11-13(7-8-15(12)19-2)16(18)17-9-3-5-14-6-4-10-20-14/h4,6-8,10-11H,3,5,9H2,1-2H3,(H,17,18). The van der Waals surface area contributed by atoms with Gasteiger partial charge in [0.15, 0.2) is 0 Å². The quantitative estimate of drug-likeness (QED) is 0.823. The molecule has 1 amide bonds. The summed E-state index contributed by atoms with van der Waals surface area (Å²) in [7, 11) is 1.62. The third kappa shape index (κ3) is 3.63. The van der Waals surface area contributed by atoms with E-state index in [2.05, 4.69) is 5.32 Å². The third-order valence-electron chi connectivity index (χ3n) is 3.12. The second kappa shape index (κ2) is 6.80. The molecule has 0 bridgehead atoms. The van der Waals surface area contributed by atoms with Crippen LogP contribution in [0.25, 0.3) is 0 Å². The highest BCUT2D eigenvalue weighted by atomic mass is 16.5. The number of aryl methyl sites for hydroxylation is 2. The summed E-state index contributed by atoms with van der Waals surface area (Å²) in [6.45, 7) is 2.55. The van der Waals surface area contributed by atoms with Gasteiger partial charge in [-0.2, -0.15) is 0 Å². The van der Waals surface area contributed by atoms with Crippen molar-refractivity contribution in [1.82, 2.24) is 5.32 Å². The fourth-order valence-electron chi connectivity index (χ4n) is 2.04. The summed E-state index contributed by atoms with van der Waals surface area (Å²) in [4.78, 5) is 12.0. The van der Waals surface area contributed by atoms with E-state index in [1.165, 1.54) is 0 Å². The normalized spacial score (nSPS) is 10.3. The average Bonchev–Trinajstić information content (AvgIpc) is 2.96.